The van der Waals surface area contributed by atoms with Gasteiger partial charge in [0.25, 0.3) is 5.91 Å². The number of primary amides is 1. The molecule has 5 nitrogen and oxygen atoms in total. The number of benzene rings is 1. The molecule has 6 heteroatoms. The molecule has 0 bridgehead atoms. The molecule has 0 saturated heterocycles. The van der Waals surface area contributed by atoms with E-state index in [9.17, 15) is 9.59 Å². The molecule has 0 aromatic heterocycles. The van der Waals surface area contributed by atoms with Crippen LogP contribution in [0.5, 0.6) is 5.75 Å². The molecule has 18 heavy (non-hydrogen) atoms. The second-order valence-corrected chi connectivity index (χ2v) is 3.30. The normalized spacial score (nSPS) is 8.89. The molecule has 0 spiro atoms. The van der Waals surface area contributed by atoms with Crippen LogP contribution in [0.2, 0.25) is 5.02 Å². The number of ether oxygens (including phenoxy) is 2. The molecule has 1 amide bonds. The van der Waals surface area contributed by atoms with E-state index >= 15 is 0 Å². The molecular formula is C12H16ClNO4. The fraction of sp³-hybridized carbons (Fsp3) is 0.333. The van der Waals surface area contributed by atoms with Gasteiger partial charge < -0.3 is 15.2 Å². The topological polar surface area (TPSA) is 78.6 Å². The maximum Gasteiger partial charge on any atom is 0.337 e. The minimum atomic E-state index is -0.604. The van der Waals surface area contributed by atoms with Crippen LogP contribution in [0.1, 0.15) is 24.2 Å². The predicted molar refractivity (Wildman–Crippen MR) is 68.8 cm³/mol. The third-order valence-electron chi connectivity index (χ3n) is 1.72. The number of carbonyl (C=O) groups is 2. The van der Waals surface area contributed by atoms with E-state index in [0.717, 1.165) is 0 Å². The minimum absolute atomic E-state index is 0.212. The summed E-state index contributed by atoms with van der Waals surface area (Å²) in [5.41, 5.74) is 5.21. The van der Waals surface area contributed by atoms with Gasteiger partial charge in [-0.2, -0.15) is 0 Å². The number of esters is 1. The zero-order chi connectivity index (χ0) is 14.1. The maximum atomic E-state index is 11.1. The molecule has 0 heterocycles. The summed E-state index contributed by atoms with van der Waals surface area (Å²) in [5, 5.41) is 0.212. The van der Waals surface area contributed by atoms with Gasteiger partial charge in [-0.1, -0.05) is 25.4 Å². The van der Waals surface area contributed by atoms with E-state index in [0.29, 0.717) is 5.56 Å². The molecule has 2 N–H and O–H groups in total. The van der Waals surface area contributed by atoms with Gasteiger partial charge in [0.05, 0.1) is 17.7 Å². The van der Waals surface area contributed by atoms with Crippen LogP contribution >= 0.6 is 11.6 Å². The van der Waals surface area contributed by atoms with Gasteiger partial charge in [-0.05, 0) is 18.2 Å². The summed E-state index contributed by atoms with van der Waals surface area (Å²) >= 11 is 5.83. The van der Waals surface area contributed by atoms with Crippen molar-refractivity contribution in [3.63, 3.8) is 0 Å². The van der Waals surface area contributed by atoms with Crippen LogP contribution in [0.15, 0.2) is 18.2 Å². The zero-order valence-electron chi connectivity index (χ0n) is 10.5. The highest BCUT2D eigenvalue weighted by molar-refractivity contribution is 6.32. The maximum absolute atomic E-state index is 11.1. The van der Waals surface area contributed by atoms with Gasteiger partial charge in [-0.15, -0.1) is 0 Å². The van der Waals surface area contributed by atoms with Crippen molar-refractivity contribution in [3.8, 4) is 5.75 Å². The summed E-state index contributed by atoms with van der Waals surface area (Å²) in [6.07, 6.45) is 0. The molecule has 0 unspecified atom stereocenters. The quantitative estimate of drug-likeness (QED) is 0.851. The zero-order valence-corrected chi connectivity index (χ0v) is 11.3. The van der Waals surface area contributed by atoms with Crippen molar-refractivity contribution in [3.05, 3.63) is 28.8 Å². The van der Waals surface area contributed by atoms with E-state index in [1.807, 2.05) is 13.8 Å². The van der Waals surface area contributed by atoms with Crippen molar-refractivity contribution >= 4 is 23.5 Å². The van der Waals surface area contributed by atoms with Gasteiger partial charge in [0.2, 0.25) is 0 Å². The highest BCUT2D eigenvalue weighted by Gasteiger charge is 2.09. The number of hydrogen-bond donors (Lipinski definition) is 1. The fourth-order valence-electron chi connectivity index (χ4n) is 1.01. The SMILES string of the molecule is CC.COC(=O)c1ccc(OCC(N)=O)c(Cl)c1. The molecule has 0 saturated carbocycles. The van der Waals surface area contributed by atoms with Crippen molar-refractivity contribution < 1.29 is 19.1 Å². The molecule has 0 fully saturated rings. The second-order valence-electron chi connectivity index (χ2n) is 2.89. The number of methoxy groups -OCH3 is 1. The lowest BCUT2D eigenvalue weighted by Crippen LogP contribution is -2.20. The van der Waals surface area contributed by atoms with Gasteiger partial charge in [0.15, 0.2) is 6.61 Å². The lowest BCUT2D eigenvalue weighted by molar-refractivity contribution is -0.119. The third kappa shape index (κ3) is 5.05. The van der Waals surface area contributed by atoms with E-state index in [4.69, 9.17) is 22.1 Å². The van der Waals surface area contributed by atoms with Gasteiger partial charge in [-0.3, -0.25) is 4.79 Å². The number of halogens is 1. The Bertz CT molecular complexity index is 421. The standard InChI is InChI=1S/C10H10ClNO4.C2H6/c1-15-10(14)6-2-3-8(7(11)4-6)16-5-9(12)13;1-2/h2-4H,5H2,1H3,(H2,12,13);1-2H3. The summed E-state index contributed by atoms with van der Waals surface area (Å²) in [5.74, 6) is -0.815. The molecule has 1 aromatic carbocycles. The lowest BCUT2D eigenvalue weighted by atomic mass is 10.2. The first-order chi connectivity index (χ1) is 8.54. The van der Waals surface area contributed by atoms with E-state index in [-0.39, 0.29) is 17.4 Å². The van der Waals surface area contributed by atoms with E-state index < -0.39 is 11.9 Å². The van der Waals surface area contributed by atoms with Gasteiger partial charge in [0.1, 0.15) is 5.75 Å². The molecule has 0 aliphatic carbocycles. The van der Waals surface area contributed by atoms with Gasteiger partial charge in [0, 0.05) is 0 Å². The number of hydrogen-bond acceptors (Lipinski definition) is 4. The van der Waals surface area contributed by atoms with Gasteiger partial charge >= 0.3 is 5.97 Å². The molecule has 0 radical (unpaired) electrons. The molecule has 1 rings (SSSR count). The Kier molecular flexibility index (Phi) is 7.54. The summed E-state index contributed by atoms with van der Waals surface area (Å²) in [6.45, 7) is 3.73. The van der Waals surface area contributed by atoms with E-state index in [1.54, 1.807) is 0 Å². The Morgan fingerprint density at radius 2 is 1.94 bits per heavy atom. The van der Waals surface area contributed by atoms with Crippen LogP contribution < -0.4 is 10.5 Å². The van der Waals surface area contributed by atoms with Crippen molar-refractivity contribution in [1.29, 1.82) is 0 Å². The number of carbonyl (C=O) groups excluding carboxylic acids is 2. The number of rotatable bonds is 4. The smallest absolute Gasteiger partial charge is 0.337 e. The third-order valence-corrected chi connectivity index (χ3v) is 2.02. The Morgan fingerprint density at radius 3 is 2.39 bits per heavy atom. The van der Waals surface area contributed by atoms with Crippen molar-refractivity contribution in [2.45, 2.75) is 13.8 Å². The Labute approximate surface area is 111 Å². The first-order valence-corrected chi connectivity index (χ1v) is 5.71. The van der Waals surface area contributed by atoms with Crippen LogP contribution in [0, 0.1) is 0 Å². The monoisotopic (exact) mass is 273 g/mol. The van der Waals surface area contributed by atoms with Crippen LogP contribution in [-0.2, 0) is 9.53 Å². The van der Waals surface area contributed by atoms with Crippen LogP contribution in [0.25, 0.3) is 0 Å². The van der Waals surface area contributed by atoms with Crippen LogP contribution in [0.4, 0.5) is 0 Å². The number of amides is 1. The minimum Gasteiger partial charge on any atom is -0.482 e. The van der Waals surface area contributed by atoms with Crippen molar-refractivity contribution in [2.24, 2.45) is 5.73 Å². The lowest BCUT2D eigenvalue weighted by Gasteiger charge is -2.07. The Balaban J connectivity index is 0.00000137. The first kappa shape index (κ1) is 16.2. The molecule has 0 aliphatic rings. The van der Waals surface area contributed by atoms with E-state index in [1.165, 1.54) is 25.3 Å². The highest BCUT2D eigenvalue weighted by atomic mass is 35.5. The molecule has 1 aromatic rings. The van der Waals surface area contributed by atoms with Crippen molar-refractivity contribution in [1.82, 2.24) is 0 Å². The first-order valence-electron chi connectivity index (χ1n) is 5.33. The molecule has 100 valence electrons. The average molecular weight is 274 g/mol. The summed E-state index contributed by atoms with van der Waals surface area (Å²) < 4.78 is 9.52. The predicted octanol–water partition coefficient (Wildman–Crippen LogP) is 2.02. The van der Waals surface area contributed by atoms with Gasteiger partial charge in [-0.25, -0.2) is 4.79 Å². The average Bonchev–Trinajstić information content (AvgIpc) is 2.38. The molecular weight excluding hydrogens is 258 g/mol. The second kappa shape index (κ2) is 8.36. The largest absolute Gasteiger partial charge is 0.482 e. The summed E-state index contributed by atoms with van der Waals surface area (Å²) in [4.78, 5) is 21.6. The fourth-order valence-corrected chi connectivity index (χ4v) is 1.25. The highest BCUT2D eigenvalue weighted by Crippen LogP contribution is 2.25. The Morgan fingerprint density at radius 1 is 1.33 bits per heavy atom. The summed E-state index contributed by atoms with van der Waals surface area (Å²) in [6, 6.07) is 4.34. The Hall–Kier alpha value is -1.75. The molecule has 0 atom stereocenters. The molecule has 0 aliphatic heterocycles. The van der Waals surface area contributed by atoms with Crippen LogP contribution in [0.3, 0.4) is 0 Å². The van der Waals surface area contributed by atoms with Crippen LogP contribution in [-0.4, -0.2) is 25.6 Å². The van der Waals surface area contributed by atoms with E-state index in [2.05, 4.69) is 4.74 Å². The number of nitrogens with two attached hydrogens (primary N) is 1. The van der Waals surface area contributed by atoms with Crippen molar-refractivity contribution in [2.75, 3.05) is 13.7 Å². The summed E-state index contributed by atoms with van der Waals surface area (Å²) in [7, 11) is 1.27.